The van der Waals surface area contributed by atoms with Gasteiger partial charge < -0.3 is 0 Å². The molecule has 0 amide bonds. The topological polar surface area (TPSA) is 0 Å². The quantitative estimate of drug-likeness (QED) is 0.132. The molecule has 0 N–H and O–H groups in total. The van der Waals surface area contributed by atoms with Crippen molar-refractivity contribution >= 4 is 35.1 Å². The molecule has 0 radical (unpaired) electrons. The van der Waals surface area contributed by atoms with Crippen LogP contribution in [0.1, 0.15) is 135 Å². The predicted molar refractivity (Wildman–Crippen MR) is 247 cm³/mol. The van der Waals surface area contributed by atoms with E-state index in [9.17, 15) is 13.2 Å². The van der Waals surface area contributed by atoms with Gasteiger partial charge in [0, 0.05) is 0 Å². The van der Waals surface area contributed by atoms with Crippen molar-refractivity contribution < 1.29 is 28.7 Å². The molecule has 0 aromatic heterocycles. The van der Waals surface area contributed by atoms with E-state index >= 15 is 0 Å². The summed E-state index contributed by atoms with van der Waals surface area (Å²) in [4.78, 5) is 0. The Morgan fingerprint density at radius 1 is 0.593 bits per heavy atom. The van der Waals surface area contributed by atoms with Crippen LogP contribution in [0.5, 0.6) is 0 Å². The summed E-state index contributed by atoms with van der Waals surface area (Å²) >= 11 is -5.67. The van der Waals surface area contributed by atoms with Crippen molar-refractivity contribution in [3.63, 3.8) is 0 Å². The van der Waals surface area contributed by atoms with E-state index in [2.05, 4.69) is 119 Å². The Morgan fingerprint density at radius 2 is 0.983 bits per heavy atom. The van der Waals surface area contributed by atoms with Crippen molar-refractivity contribution in [3.8, 4) is 22.3 Å². The van der Waals surface area contributed by atoms with Crippen LogP contribution in [0, 0.1) is 39.5 Å². The van der Waals surface area contributed by atoms with E-state index in [-0.39, 0.29) is 13.3 Å². The molecule has 4 aliphatic carbocycles. The molecule has 0 bridgehead atoms. The van der Waals surface area contributed by atoms with Gasteiger partial charge in [-0.3, -0.25) is 0 Å². The molecule has 8 rings (SSSR count). The third kappa shape index (κ3) is 8.77. The number of rotatable bonds is 11. The average Bonchev–Trinajstić information content (AvgIpc) is 3.76. The Bertz CT molecular complexity index is 2090. The molecule has 0 aliphatic heterocycles. The van der Waals surface area contributed by atoms with Gasteiger partial charge in [0.25, 0.3) is 0 Å². The molecule has 4 aliphatic rings. The fourth-order valence-electron chi connectivity index (χ4n) is 12.2. The zero-order chi connectivity index (χ0) is 41.7. The first kappa shape index (κ1) is 43.5. The van der Waals surface area contributed by atoms with Gasteiger partial charge in [0.2, 0.25) is 0 Å². The van der Waals surface area contributed by atoms with E-state index in [0.29, 0.717) is 11.8 Å². The van der Waals surface area contributed by atoms with Crippen LogP contribution in [0.25, 0.3) is 34.4 Å². The Morgan fingerprint density at radius 3 is 1.36 bits per heavy atom. The second-order valence-corrected chi connectivity index (χ2v) is 60.7. The van der Waals surface area contributed by atoms with Crippen LogP contribution < -0.4 is 0 Å². The number of halogens is 5. The summed E-state index contributed by atoms with van der Waals surface area (Å²) in [6, 6.07) is 26.9. The van der Waals surface area contributed by atoms with Crippen LogP contribution in [0.2, 0.25) is 12.6 Å². The first-order chi connectivity index (χ1) is 28.1. The van der Waals surface area contributed by atoms with Gasteiger partial charge in [0.05, 0.1) is 0 Å². The molecule has 0 spiro atoms. The average molecular weight is 934 g/mol. The van der Waals surface area contributed by atoms with Crippen molar-refractivity contribution in [2.45, 2.75) is 137 Å². The second-order valence-electron chi connectivity index (χ2n) is 19.4. The molecule has 0 nitrogen and oxygen atoms in total. The molecule has 313 valence electrons. The third-order valence-electron chi connectivity index (χ3n) is 14.8. The van der Waals surface area contributed by atoms with Crippen molar-refractivity contribution in [1.82, 2.24) is 0 Å². The molecule has 2 saturated carbocycles. The van der Waals surface area contributed by atoms with Crippen LogP contribution in [0.4, 0.5) is 13.2 Å². The summed E-state index contributed by atoms with van der Waals surface area (Å²) < 4.78 is 43.0. The Hall–Kier alpha value is -2.17. The van der Waals surface area contributed by atoms with Gasteiger partial charge in [-0.25, -0.2) is 0 Å². The summed E-state index contributed by atoms with van der Waals surface area (Å²) in [6.45, 7) is 10.8. The minimum absolute atomic E-state index is 0.0698. The monoisotopic (exact) mass is 931 g/mol. The summed E-state index contributed by atoms with van der Waals surface area (Å²) in [5.41, 5.74) is 16.9. The van der Waals surface area contributed by atoms with Crippen molar-refractivity contribution in [3.05, 3.63) is 128 Å². The summed E-state index contributed by atoms with van der Waals surface area (Å²) in [5.74, 6) is -1.48. The molecular formula is C52H62Cl2F3SiZr. The maximum absolute atomic E-state index is 14.5. The van der Waals surface area contributed by atoms with E-state index < -0.39 is 34.1 Å². The van der Waals surface area contributed by atoms with Crippen LogP contribution in [-0.2, 0) is 15.6 Å². The van der Waals surface area contributed by atoms with Gasteiger partial charge >= 0.3 is 364 Å². The number of hydrogen-bond donors (Lipinski definition) is 0. The zero-order valence-corrected chi connectivity index (χ0v) is 40.9. The van der Waals surface area contributed by atoms with Crippen LogP contribution in [0.15, 0.2) is 83.9 Å². The first-order valence-electron chi connectivity index (χ1n) is 22.6. The molecule has 4 aromatic rings. The van der Waals surface area contributed by atoms with Crippen LogP contribution in [-0.4, -0.2) is 12.1 Å². The number of aryl methyl sites for hydroxylation is 4. The number of alkyl halides is 3. The molecule has 0 heterocycles. The van der Waals surface area contributed by atoms with E-state index in [4.69, 9.17) is 17.0 Å². The Kier molecular flexibility index (Phi) is 12.7. The Labute approximate surface area is 360 Å². The fourth-order valence-corrected chi connectivity index (χ4v) is 52.2. The fraction of sp³-hybridized carbons (Fsp3) is 0.462. The number of allylic oxidation sites excluding steroid dienone is 2. The predicted octanol–water partition coefficient (Wildman–Crippen LogP) is 17.1. The molecule has 2 fully saturated rings. The SMILES string of the molecule is Cc1cc(C)cc(-c2cccc3c2C=C(CC2CCCCC2)[CH]3[Zr]([Cl])([Cl])([CH]2C(CC3CCCCC3)=Cc3c(-c4cc(C)cc(C)c4)cccc32)[SiH](C)CCC(F)(F)F)c1. The zero-order valence-electron chi connectivity index (χ0n) is 35.8. The molecule has 4 aromatic carbocycles. The van der Waals surface area contributed by atoms with Gasteiger partial charge in [-0.15, -0.1) is 0 Å². The van der Waals surface area contributed by atoms with Crippen molar-refractivity contribution in [2.75, 3.05) is 0 Å². The van der Waals surface area contributed by atoms with Crippen molar-refractivity contribution in [2.24, 2.45) is 11.8 Å². The molecule has 59 heavy (non-hydrogen) atoms. The number of hydrogen-bond acceptors (Lipinski definition) is 0. The van der Waals surface area contributed by atoms with E-state index in [0.717, 1.165) is 12.8 Å². The van der Waals surface area contributed by atoms with Gasteiger partial charge in [-0.2, -0.15) is 0 Å². The molecule has 7 heteroatoms. The summed E-state index contributed by atoms with van der Waals surface area (Å²) in [6.07, 6.45) is 13.8. The van der Waals surface area contributed by atoms with Gasteiger partial charge in [-0.05, 0) is 0 Å². The molecule has 3 unspecified atom stereocenters. The van der Waals surface area contributed by atoms with E-state index in [1.54, 1.807) is 0 Å². The second kappa shape index (κ2) is 17.2. The Balaban J connectivity index is 1.38. The van der Waals surface area contributed by atoms with Gasteiger partial charge in [0.1, 0.15) is 0 Å². The molecular weight excluding hydrogens is 872 g/mol. The van der Waals surface area contributed by atoms with E-state index in [1.807, 2.05) is 0 Å². The van der Waals surface area contributed by atoms with Crippen LogP contribution in [0.3, 0.4) is 0 Å². The number of benzene rings is 4. The first-order valence-corrected chi connectivity index (χ1v) is 38.5. The van der Waals surface area contributed by atoms with E-state index in [1.165, 1.54) is 142 Å². The van der Waals surface area contributed by atoms with Crippen LogP contribution >= 0.6 is 17.0 Å². The van der Waals surface area contributed by atoms with Crippen molar-refractivity contribution in [1.29, 1.82) is 0 Å². The third-order valence-corrected chi connectivity index (χ3v) is 64.9. The summed E-state index contributed by atoms with van der Waals surface area (Å²) in [5, 5.41) is 0. The normalized spacial score (nSPS) is 21.4. The molecule has 0 saturated heterocycles. The summed E-state index contributed by atoms with van der Waals surface area (Å²) in [7, 11) is 18.1. The number of fused-ring (bicyclic) bond motifs is 2. The maximum atomic E-state index is 14.5. The standard InChI is InChI=1S/2C24H27.C4H8F3Si.2ClH.Zr/c2*1-17-11-18(2)13-22(12-17)23-10-6-9-21-15-20(16-24(21)23)14-19-7-4-3-5-8-19;1-8-3-2-4(5,6)7;;;/h2*6,9-13,15-16,19H,3-5,7-8,14H2,1-2H3;8H,2-3H2,1H3;2*1H;/q;;;;;+2/p-2. The minimum atomic E-state index is -5.67. The molecule has 3 atom stereocenters. The van der Waals surface area contributed by atoms with Gasteiger partial charge in [-0.1, -0.05) is 0 Å². The van der Waals surface area contributed by atoms with Gasteiger partial charge in [0.15, 0.2) is 0 Å².